The quantitative estimate of drug-likeness (QED) is 0.641. The van der Waals surface area contributed by atoms with Gasteiger partial charge in [0, 0.05) is 13.2 Å². The molecule has 0 atom stereocenters. The molecule has 3 nitrogen and oxygen atoms in total. The molecule has 0 amide bonds. The maximum absolute atomic E-state index is 11.3. The summed E-state index contributed by atoms with van der Waals surface area (Å²) in [5.74, 6) is 0.187. The molecule has 0 N–H and O–H groups in total. The molecule has 78 valence electrons. The van der Waals surface area contributed by atoms with E-state index >= 15 is 0 Å². The number of allylic oxidation sites excluding steroid dienone is 1. The zero-order chi connectivity index (χ0) is 10.0. The Labute approximate surface area is 84.1 Å². The van der Waals surface area contributed by atoms with Gasteiger partial charge >= 0.3 is 0 Å². The fraction of sp³-hybridized carbons (Fsp3) is 0.727. The van der Waals surface area contributed by atoms with Crippen molar-refractivity contribution in [3.8, 4) is 0 Å². The first-order valence-electron chi connectivity index (χ1n) is 5.14. The third-order valence-corrected chi connectivity index (χ3v) is 3.25. The smallest absolute Gasteiger partial charge is 0.162 e. The Morgan fingerprint density at radius 2 is 2.21 bits per heavy atom. The van der Waals surface area contributed by atoms with Crippen molar-refractivity contribution >= 4 is 5.78 Å². The van der Waals surface area contributed by atoms with Crippen molar-refractivity contribution in [2.24, 2.45) is 0 Å². The standard InChI is InChI=1S/C11H16O3/c1-13-10-2-5-11(6-3-10)8-9(12)4-7-14-11/h4,7,10H,2-3,5-6,8H2,1H3. The lowest BCUT2D eigenvalue weighted by atomic mass is 9.79. The van der Waals surface area contributed by atoms with Gasteiger partial charge in [0.15, 0.2) is 5.78 Å². The Balaban J connectivity index is 1.99. The zero-order valence-electron chi connectivity index (χ0n) is 8.49. The molecular weight excluding hydrogens is 180 g/mol. The summed E-state index contributed by atoms with van der Waals surface area (Å²) in [6, 6.07) is 0. The van der Waals surface area contributed by atoms with Crippen LogP contribution in [0.3, 0.4) is 0 Å². The van der Waals surface area contributed by atoms with E-state index in [0.29, 0.717) is 12.5 Å². The molecular formula is C11H16O3. The van der Waals surface area contributed by atoms with Crippen molar-refractivity contribution in [3.63, 3.8) is 0 Å². The fourth-order valence-electron chi connectivity index (χ4n) is 2.32. The van der Waals surface area contributed by atoms with Gasteiger partial charge in [-0.25, -0.2) is 0 Å². The molecule has 1 saturated carbocycles. The Morgan fingerprint density at radius 1 is 1.50 bits per heavy atom. The van der Waals surface area contributed by atoms with E-state index in [2.05, 4.69) is 0 Å². The molecule has 0 aromatic carbocycles. The van der Waals surface area contributed by atoms with E-state index in [-0.39, 0.29) is 11.4 Å². The van der Waals surface area contributed by atoms with E-state index in [4.69, 9.17) is 9.47 Å². The van der Waals surface area contributed by atoms with Crippen LogP contribution in [0.1, 0.15) is 32.1 Å². The summed E-state index contributed by atoms with van der Waals surface area (Å²) in [5, 5.41) is 0. The van der Waals surface area contributed by atoms with Crippen molar-refractivity contribution < 1.29 is 14.3 Å². The molecule has 1 aliphatic carbocycles. The summed E-state index contributed by atoms with van der Waals surface area (Å²) in [6.45, 7) is 0. The van der Waals surface area contributed by atoms with Gasteiger partial charge in [0.1, 0.15) is 5.60 Å². The van der Waals surface area contributed by atoms with Crippen LogP contribution in [0.15, 0.2) is 12.3 Å². The molecule has 1 heterocycles. The molecule has 1 spiro atoms. The summed E-state index contributed by atoms with van der Waals surface area (Å²) in [7, 11) is 1.75. The minimum absolute atomic E-state index is 0.187. The van der Waals surface area contributed by atoms with Gasteiger partial charge in [0.2, 0.25) is 0 Å². The van der Waals surface area contributed by atoms with Crippen LogP contribution in [0, 0.1) is 0 Å². The van der Waals surface area contributed by atoms with Gasteiger partial charge in [0.05, 0.1) is 18.8 Å². The predicted octanol–water partition coefficient (Wildman–Crippen LogP) is 1.82. The first-order valence-corrected chi connectivity index (χ1v) is 5.14. The lowest BCUT2D eigenvalue weighted by molar-refractivity contribution is -0.126. The van der Waals surface area contributed by atoms with E-state index in [0.717, 1.165) is 25.7 Å². The highest BCUT2D eigenvalue weighted by atomic mass is 16.5. The van der Waals surface area contributed by atoms with Crippen molar-refractivity contribution in [1.82, 2.24) is 0 Å². The van der Waals surface area contributed by atoms with Crippen LogP contribution in [-0.4, -0.2) is 24.6 Å². The number of hydrogen-bond acceptors (Lipinski definition) is 3. The Hall–Kier alpha value is -0.830. The minimum Gasteiger partial charge on any atom is -0.494 e. The summed E-state index contributed by atoms with van der Waals surface area (Å²) in [6.07, 6.45) is 7.83. The van der Waals surface area contributed by atoms with E-state index in [1.54, 1.807) is 13.4 Å². The van der Waals surface area contributed by atoms with Gasteiger partial charge in [-0.05, 0) is 25.7 Å². The van der Waals surface area contributed by atoms with Crippen LogP contribution in [0.5, 0.6) is 0 Å². The number of ether oxygens (including phenoxy) is 2. The average molecular weight is 196 g/mol. The lowest BCUT2D eigenvalue weighted by Gasteiger charge is -2.39. The second-order valence-corrected chi connectivity index (χ2v) is 4.18. The van der Waals surface area contributed by atoms with Gasteiger partial charge in [-0.15, -0.1) is 0 Å². The van der Waals surface area contributed by atoms with Crippen LogP contribution in [0.25, 0.3) is 0 Å². The van der Waals surface area contributed by atoms with Crippen LogP contribution in [0.2, 0.25) is 0 Å². The molecule has 0 saturated heterocycles. The molecule has 0 bridgehead atoms. The van der Waals surface area contributed by atoms with Crippen molar-refractivity contribution in [3.05, 3.63) is 12.3 Å². The van der Waals surface area contributed by atoms with Crippen LogP contribution in [0.4, 0.5) is 0 Å². The van der Waals surface area contributed by atoms with Crippen LogP contribution < -0.4 is 0 Å². The first kappa shape index (κ1) is 9.71. The molecule has 14 heavy (non-hydrogen) atoms. The second kappa shape index (κ2) is 3.73. The molecule has 1 fully saturated rings. The molecule has 2 rings (SSSR count). The third kappa shape index (κ3) is 1.82. The number of methoxy groups -OCH3 is 1. The zero-order valence-corrected chi connectivity index (χ0v) is 8.49. The second-order valence-electron chi connectivity index (χ2n) is 4.18. The molecule has 0 unspecified atom stereocenters. The Bertz CT molecular complexity index is 249. The summed E-state index contributed by atoms with van der Waals surface area (Å²) in [4.78, 5) is 11.3. The molecule has 0 aromatic heterocycles. The number of ketones is 1. The Morgan fingerprint density at radius 3 is 2.79 bits per heavy atom. The number of hydrogen-bond donors (Lipinski definition) is 0. The first-order chi connectivity index (χ1) is 6.74. The topological polar surface area (TPSA) is 35.5 Å². The minimum atomic E-state index is -0.207. The average Bonchev–Trinajstić information content (AvgIpc) is 2.19. The molecule has 2 aliphatic rings. The molecule has 3 heteroatoms. The van der Waals surface area contributed by atoms with Gasteiger partial charge in [-0.1, -0.05) is 0 Å². The van der Waals surface area contributed by atoms with Gasteiger partial charge in [-0.2, -0.15) is 0 Å². The highest BCUT2D eigenvalue weighted by molar-refractivity contribution is 5.90. The molecule has 0 radical (unpaired) electrons. The van der Waals surface area contributed by atoms with Gasteiger partial charge in [0.25, 0.3) is 0 Å². The van der Waals surface area contributed by atoms with Crippen LogP contribution in [-0.2, 0) is 14.3 Å². The predicted molar refractivity (Wildman–Crippen MR) is 51.8 cm³/mol. The maximum Gasteiger partial charge on any atom is 0.162 e. The van der Waals surface area contributed by atoms with Crippen LogP contribution >= 0.6 is 0 Å². The SMILES string of the molecule is COC1CCC2(CC1)CC(=O)C=CO2. The van der Waals surface area contributed by atoms with E-state index in [1.807, 2.05) is 0 Å². The van der Waals surface area contributed by atoms with Crippen molar-refractivity contribution in [1.29, 1.82) is 0 Å². The molecule has 0 aromatic rings. The van der Waals surface area contributed by atoms with E-state index in [9.17, 15) is 4.79 Å². The highest BCUT2D eigenvalue weighted by Gasteiger charge is 2.39. The Kier molecular flexibility index (Phi) is 2.59. The van der Waals surface area contributed by atoms with Gasteiger partial charge < -0.3 is 9.47 Å². The summed E-state index contributed by atoms with van der Waals surface area (Å²) < 4.78 is 10.9. The fourth-order valence-corrected chi connectivity index (χ4v) is 2.32. The number of carbonyl (C=O) groups excluding carboxylic acids is 1. The molecule has 1 aliphatic heterocycles. The number of rotatable bonds is 1. The van der Waals surface area contributed by atoms with E-state index < -0.39 is 0 Å². The summed E-state index contributed by atoms with van der Waals surface area (Å²) >= 11 is 0. The van der Waals surface area contributed by atoms with E-state index in [1.165, 1.54) is 6.08 Å². The van der Waals surface area contributed by atoms with Crippen molar-refractivity contribution in [2.75, 3.05) is 7.11 Å². The normalized spacial score (nSPS) is 37.2. The maximum atomic E-state index is 11.3. The van der Waals surface area contributed by atoms with Gasteiger partial charge in [-0.3, -0.25) is 4.79 Å². The van der Waals surface area contributed by atoms with Crippen molar-refractivity contribution in [2.45, 2.75) is 43.8 Å². The monoisotopic (exact) mass is 196 g/mol. The lowest BCUT2D eigenvalue weighted by Crippen LogP contribution is -2.41. The largest absolute Gasteiger partial charge is 0.494 e. The summed E-state index contributed by atoms with van der Waals surface area (Å²) in [5.41, 5.74) is -0.207. The highest BCUT2D eigenvalue weighted by Crippen LogP contribution is 2.37. The number of carbonyl (C=O) groups is 1. The third-order valence-electron chi connectivity index (χ3n) is 3.25.